The van der Waals surface area contributed by atoms with E-state index in [0.717, 1.165) is 28.3 Å². The topological polar surface area (TPSA) is 55.0 Å². The lowest BCUT2D eigenvalue weighted by atomic mass is 10.2. The van der Waals surface area contributed by atoms with Crippen LogP contribution in [0.3, 0.4) is 0 Å². The molecule has 0 saturated carbocycles. The number of hydrogen-bond donors (Lipinski definition) is 1. The summed E-state index contributed by atoms with van der Waals surface area (Å²) in [7, 11) is 2.04. The van der Waals surface area contributed by atoms with Crippen LogP contribution in [0.15, 0.2) is 42.0 Å². The standard InChI is InChI=1S/C14H14N4S/c1-18(8-10-2-4-11(15)5-3-10)14-13-12(6-7-19-13)16-9-17-14/h2-7,9H,8,15H2,1H3. The first-order valence-corrected chi connectivity index (χ1v) is 6.86. The summed E-state index contributed by atoms with van der Waals surface area (Å²) in [5, 5.41) is 2.04. The molecule has 3 aromatic rings. The summed E-state index contributed by atoms with van der Waals surface area (Å²) >= 11 is 1.67. The molecule has 4 nitrogen and oxygen atoms in total. The van der Waals surface area contributed by atoms with E-state index < -0.39 is 0 Å². The molecule has 0 aliphatic rings. The first-order valence-electron chi connectivity index (χ1n) is 5.98. The monoisotopic (exact) mass is 270 g/mol. The minimum atomic E-state index is 0.786. The van der Waals surface area contributed by atoms with Crippen LogP contribution in [0.2, 0.25) is 0 Å². The van der Waals surface area contributed by atoms with Crippen LogP contribution in [0.5, 0.6) is 0 Å². The Morgan fingerprint density at radius 1 is 1.16 bits per heavy atom. The summed E-state index contributed by atoms with van der Waals surface area (Å²) in [5.41, 5.74) is 8.69. The van der Waals surface area contributed by atoms with Crippen molar-refractivity contribution in [1.29, 1.82) is 0 Å². The highest BCUT2D eigenvalue weighted by molar-refractivity contribution is 7.17. The molecule has 5 heteroatoms. The molecule has 2 N–H and O–H groups in total. The smallest absolute Gasteiger partial charge is 0.150 e. The predicted octanol–water partition coefficient (Wildman–Crippen LogP) is 2.91. The number of nitrogens with zero attached hydrogens (tertiary/aromatic N) is 3. The number of nitrogens with two attached hydrogens (primary N) is 1. The third-order valence-corrected chi connectivity index (χ3v) is 3.88. The number of benzene rings is 1. The van der Waals surface area contributed by atoms with E-state index in [9.17, 15) is 0 Å². The Balaban J connectivity index is 1.89. The van der Waals surface area contributed by atoms with Gasteiger partial charge in [0.2, 0.25) is 0 Å². The van der Waals surface area contributed by atoms with Crippen molar-refractivity contribution < 1.29 is 0 Å². The number of thiophene rings is 1. The molecular formula is C14H14N4S. The second-order valence-electron chi connectivity index (χ2n) is 4.43. The molecule has 0 aliphatic carbocycles. The van der Waals surface area contributed by atoms with Crippen LogP contribution >= 0.6 is 11.3 Å². The lowest BCUT2D eigenvalue weighted by Gasteiger charge is -2.18. The van der Waals surface area contributed by atoms with E-state index in [2.05, 4.69) is 14.9 Å². The maximum absolute atomic E-state index is 5.70. The van der Waals surface area contributed by atoms with Crippen LogP contribution in [0, 0.1) is 0 Å². The molecule has 0 fully saturated rings. The van der Waals surface area contributed by atoms with Crippen molar-refractivity contribution >= 4 is 33.1 Å². The van der Waals surface area contributed by atoms with Gasteiger partial charge in [0, 0.05) is 19.3 Å². The fraction of sp³-hybridized carbons (Fsp3) is 0.143. The maximum atomic E-state index is 5.70. The van der Waals surface area contributed by atoms with Crippen LogP contribution < -0.4 is 10.6 Å². The van der Waals surface area contributed by atoms with E-state index in [4.69, 9.17) is 5.73 Å². The molecule has 19 heavy (non-hydrogen) atoms. The minimum Gasteiger partial charge on any atom is -0.399 e. The zero-order chi connectivity index (χ0) is 13.2. The average molecular weight is 270 g/mol. The van der Waals surface area contributed by atoms with Gasteiger partial charge in [-0.3, -0.25) is 0 Å². The SMILES string of the molecule is CN(Cc1ccc(N)cc1)c1ncnc2ccsc12. The zero-order valence-corrected chi connectivity index (χ0v) is 11.4. The van der Waals surface area contributed by atoms with Crippen molar-refractivity contribution in [1.82, 2.24) is 9.97 Å². The van der Waals surface area contributed by atoms with Gasteiger partial charge in [-0.05, 0) is 29.1 Å². The Morgan fingerprint density at radius 3 is 2.74 bits per heavy atom. The largest absolute Gasteiger partial charge is 0.399 e. The summed E-state index contributed by atoms with van der Waals surface area (Å²) in [6.07, 6.45) is 1.61. The fourth-order valence-electron chi connectivity index (χ4n) is 2.02. The highest BCUT2D eigenvalue weighted by atomic mass is 32.1. The Kier molecular flexibility index (Phi) is 3.05. The molecule has 0 atom stereocenters. The number of hydrogen-bond acceptors (Lipinski definition) is 5. The van der Waals surface area contributed by atoms with Crippen LogP contribution in [-0.4, -0.2) is 17.0 Å². The molecule has 0 bridgehead atoms. The second kappa shape index (κ2) is 4.85. The van der Waals surface area contributed by atoms with Crippen molar-refractivity contribution in [3.63, 3.8) is 0 Å². The molecular weight excluding hydrogens is 256 g/mol. The van der Waals surface area contributed by atoms with Crippen molar-refractivity contribution in [2.75, 3.05) is 17.7 Å². The van der Waals surface area contributed by atoms with E-state index in [0.29, 0.717) is 0 Å². The van der Waals surface area contributed by atoms with Crippen molar-refractivity contribution in [3.05, 3.63) is 47.6 Å². The van der Waals surface area contributed by atoms with Crippen molar-refractivity contribution in [3.8, 4) is 0 Å². The molecule has 0 saturated heterocycles. The van der Waals surface area contributed by atoms with Crippen LogP contribution in [0.1, 0.15) is 5.56 Å². The molecule has 0 radical (unpaired) electrons. The molecule has 2 aromatic heterocycles. The minimum absolute atomic E-state index is 0.786. The third-order valence-electron chi connectivity index (χ3n) is 2.99. The lowest BCUT2D eigenvalue weighted by molar-refractivity contribution is 0.902. The molecule has 0 unspecified atom stereocenters. The van der Waals surface area contributed by atoms with Crippen LogP contribution in [0.4, 0.5) is 11.5 Å². The summed E-state index contributed by atoms with van der Waals surface area (Å²) in [4.78, 5) is 10.8. The van der Waals surface area contributed by atoms with E-state index >= 15 is 0 Å². The Hall–Kier alpha value is -2.14. The predicted molar refractivity (Wildman–Crippen MR) is 80.4 cm³/mol. The van der Waals surface area contributed by atoms with E-state index in [1.807, 2.05) is 42.8 Å². The quantitative estimate of drug-likeness (QED) is 0.743. The first kappa shape index (κ1) is 11.9. The first-order chi connectivity index (χ1) is 9.24. The number of rotatable bonds is 3. The van der Waals surface area contributed by atoms with E-state index in [-0.39, 0.29) is 0 Å². The normalized spacial score (nSPS) is 10.8. The lowest BCUT2D eigenvalue weighted by Crippen LogP contribution is -2.17. The van der Waals surface area contributed by atoms with E-state index in [1.54, 1.807) is 17.7 Å². The molecule has 0 spiro atoms. The van der Waals surface area contributed by atoms with Gasteiger partial charge < -0.3 is 10.6 Å². The number of fused-ring (bicyclic) bond motifs is 1. The van der Waals surface area contributed by atoms with Gasteiger partial charge in [0.05, 0.1) is 10.2 Å². The zero-order valence-electron chi connectivity index (χ0n) is 10.6. The number of aromatic nitrogens is 2. The summed E-state index contributed by atoms with van der Waals surface area (Å²) in [6.45, 7) is 0.796. The average Bonchev–Trinajstić information content (AvgIpc) is 2.89. The highest BCUT2D eigenvalue weighted by Crippen LogP contribution is 2.27. The van der Waals surface area contributed by atoms with Crippen molar-refractivity contribution in [2.45, 2.75) is 6.54 Å². The summed E-state index contributed by atoms with van der Waals surface area (Å²) in [5.74, 6) is 0.969. The van der Waals surface area contributed by atoms with E-state index in [1.165, 1.54) is 5.56 Å². The molecule has 1 aromatic carbocycles. The van der Waals surface area contributed by atoms with Crippen LogP contribution in [0.25, 0.3) is 10.2 Å². The molecule has 0 amide bonds. The van der Waals surface area contributed by atoms with Gasteiger partial charge in [-0.15, -0.1) is 11.3 Å². The fourth-order valence-corrected chi connectivity index (χ4v) is 2.91. The Morgan fingerprint density at radius 2 is 1.95 bits per heavy atom. The molecule has 0 aliphatic heterocycles. The van der Waals surface area contributed by atoms with Crippen molar-refractivity contribution in [2.24, 2.45) is 0 Å². The van der Waals surface area contributed by atoms with Gasteiger partial charge in [-0.25, -0.2) is 9.97 Å². The van der Waals surface area contributed by atoms with Gasteiger partial charge in [-0.1, -0.05) is 12.1 Å². The number of nitrogen functional groups attached to an aromatic ring is 1. The molecule has 96 valence electrons. The second-order valence-corrected chi connectivity index (χ2v) is 5.35. The Labute approximate surface area is 115 Å². The summed E-state index contributed by atoms with van der Waals surface area (Å²) in [6, 6.07) is 9.94. The Bertz CT molecular complexity index is 690. The molecule has 2 heterocycles. The summed E-state index contributed by atoms with van der Waals surface area (Å²) < 4.78 is 1.13. The maximum Gasteiger partial charge on any atom is 0.150 e. The van der Waals surface area contributed by atoms with Gasteiger partial charge in [0.15, 0.2) is 0 Å². The van der Waals surface area contributed by atoms with Gasteiger partial charge in [0.25, 0.3) is 0 Å². The highest BCUT2D eigenvalue weighted by Gasteiger charge is 2.09. The van der Waals surface area contributed by atoms with Gasteiger partial charge in [0.1, 0.15) is 12.1 Å². The van der Waals surface area contributed by atoms with Crippen LogP contribution in [-0.2, 0) is 6.54 Å². The number of anilines is 2. The molecule has 3 rings (SSSR count). The third kappa shape index (κ3) is 2.37. The van der Waals surface area contributed by atoms with Gasteiger partial charge in [-0.2, -0.15) is 0 Å². The van der Waals surface area contributed by atoms with Gasteiger partial charge >= 0.3 is 0 Å².